The summed E-state index contributed by atoms with van der Waals surface area (Å²) in [6.07, 6.45) is 1.75. The number of rotatable bonds is 5. The monoisotopic (exact) mass is 178 g/mol. The van der Waals surface area contributed by atoms with E-state index in [4.69, 9.17) is 21.4 Å². The normalized spacial score (nSPS) is 11.3. The van der Waals surface area contributed by atoms with Crippen LogP contribution in [0.5, 0.6) is 0 Å². The van der Waals surface area contributed by atoms with E-state index in [0.29, 0.717) is 18.2 Å². The third kappa shape index (κ3) is 7.19. The highest BCUT2D eigenvalue weighted by atomic mass is 35.5. The third-order valence-electron chi connectivity index (χ3n) is 0.934. The molecule has 0 amide bonds. The molecule has 0 aliphatic rings. The summed E-state index contributed by atoms with van der Waals surface area (Å²) in [5.41, 5.74) is 0. The first-order valence-corrected chi connectivity index (χ1v) is 3.80. The predicted octanol–water partition coefficient (Wildman–Crippen LogP) is 1.62. The minimum absolute atomic E-state index is 0.405. The molecule has 0 spiro atoms. The lowest BCUT2D eigenvalue weighted by Crippen LogP contribution is -1.96. The van der Waals surface area contributed by atoms with Gasteiger partial charge in [0.1, 0.15) is 5.76 Å². The molecule has 0 atom stereocenters. The van der Waals surface area contributed by atoms with E-state index in [1.807, 2.05) is 0 Å². The van der Waals surface area contributed by atoms with Gasteiger partial charge in [-0.15, -0.1) is 11.6 Å². The van der Waals surface area contributed by atoms with Crippen LogP contribution in [0.2, 0.25) is 0 Å². The van der Waals surface area contributed by atoms with Gasteiger partial charge in [-0.2, -0.15) is 0 Å². The smallest absolute Gasteiger partial charge is 0.331 e. The summed E-state index contributed by atoms with van der Waals surface area (Å²) in [7, 11) is 0. The van der Waals surface area contributed by atoms with Crippen LogP contribution in [0.25, 0.3) is 0 Å². The van der Waals surface area contributed by atoms with Crippen molar-refractivity contribution in [1.82, 2.24) is 0 Å². The second kappa shape index (κ2) is 6.04. The molecule has 0 aromatic carbocycles. The van der Waals surface area contributed by atoms with Crippen LogP contribution in [0.15, 0.2) is 11.8 Å². The number of hydrogen-bond acceptors (Lipinski definition) is 2. The van der Waals surface area contributed by atoms with Crippen LogP contribution in [0.3, 0.4) is 0 Å². The second-order valence-corrected chi connectivity index (χ2v) is 2.36. The van der Waals surface area contributed by atoms with Gasteiger partial charge in [-0.05, 0) is 13.3 Å². The molecule has 64 valence electrons. The van der Waals surface area contributed by atoms with Crippen molar-refractivity contribution >= 4 is 17.6 Å². The molecule has 0 aromatic heterocycles. The highest BCUT2D eigenvalue weighted by molar-refractivity contribution is 6.17. The molecule has 11 heavy (non-hydrogen) atoms. The number of ether oxygens (including phenoxy) is 1. The maximum Gasteiger partial charge on any atom is 0.331 e. The Morgan fingerprint density at radius 1 is 1.73 bits per heavy atom. The van der Waals surface area contributed by atoms with Crippen molar-refractivity contribution < 1.29 is 14.6 Å². The Kier molecular flexibility index (Phi) is 5.65. The van der Waals surface area contributed by atoms with Crippen LogP contribution in [-0.4, -0.2) is 23.6 Å². The minimum Gasteiger partial charge on any atom is -0.498 e. The Hall–Kier alpha value is -0.700. The van der Waals surface area contributed by atoms with Crippen LogP contribution in [-0.2, 0) is 9.53 Å². The van der Waals surface area contributed by atoms with Crippen molar-refractivity contribution in [3.63, 3.8) is 0 Å². The highest BCUT2D eigenvalue weighted by Gasteiger charge is 1.93. The summed E-state index contributed by atoms with van der Waals surface area (Å²) < 4.78 is 4.99. The Bertz CT molecular complexity index is 154. The molecule has 3 nitrogen and oxygen atoms in total. The number of halogens is 1. The van der Waals surface area contributed by atoms with Crippen LogP contribution >= 0.6 is 11.6 Å². The van der Waals surface area contributed by atoms with Gasteiger partial charge in [0, 0.05) is 5.88 Å². The molecule has 0 unspecified atom stereocenters. The van der Waals surface area contributed by atoms with Crippen molar-refractivity contribution in [3.05, 3.63) is 11.8 Å². The lowest BCUT2D eigenvalue weighted by Gasteiger charge is -2.02. The Balaban J connectivity index is 3.51. The first kappa shape index (κ1) is 10.3. The van der Waals surface area contributed by atoms with Crippen molar-refractivity contribution in [2.24, 2.45) is 0 Å². The Morgan fingerprint density at radius 3 is 2.82 bits per heavy atom. The molecular formula is C7H11ClO3. The summed E-state index contributed by atoms with van der Waals surface area (Å²) in [6.45, 7) is 2.07. The standard InChI is InChI=1S/C7H11ClO3/c1-6(5-7(9)10)11-4-2-3-8/h5H,2-4H2,1H3,(H,9,10)/b6-5-. The average Bonchev–Trinajstić information content (AvgIpc) is 1.86. The van der Waals surface area contributed by atoms with E-state index in [1.54, 1.807) is 6.92 Å². The van der Waals surface area contributed by atoms with Crippen molar-refractivity contribution in [2.45, 2.75) is 13.3 Å². The Morgan fingerprint density at radius 2 is 2.36 bits per heavy atom. The SMILES string of the molecule is C/C(=C/C(=O)O)OCCCCl. The third-order valence-corrected chi connectivity index (χ3v) is 1.20. The molecule has 0 saturated carbocycles. The van der Waals surface area contributed by atoms with E-state index in [2.05, 4.69) is 0 Å². The summed E-state index contributed by atoms with van der Waals surface area (Å²) in [5.74, 6) is -0.0589. The first-order chi connectivity index (χ1) is 5.16. The lowest BCUT2D eigenvalue weighted by molar-refractivity contribution is -0.131. The van der Waals surface area contributed by atoms with Crippen LogP contribution in [0.1, 0.15) is 13.3 Å². The fraction of sp³-hybridized carbons (Fsp3) is 0.571. The fourth-order valence-corrected chi connectivity index (χ4v) is 0.612. The van der Waals surface area contributed by atoms with Gasteiger partial charge in [0.15, 0.2) is 0 Å². The number of carboxylic acids is 1. The molecule has 0 aromatic rings. The molecule has 0 saturated heterocycles. The fourth-order valence-electron chi connectivity index (χ4n) is 0.503. The zero-order valence-electron chi connectivity index (χ0n) is 6.34. The molecular weight excluding hydrogens is 168 g/mol. The molecule has 4 heteroatoms. The van der Waals surface area contributed by atoms with E-state index in [-0.39, 0.29) is 0 Å². The van der Waals surface area contributed by atoms with Gasteiger partial charge in [0.25, 0.3) is 0 Å². The summed E-state index contributed by atoms with van der Waals surface area (Å²) in [4.78, 5) is 10.1. The predicted molar refractivity (Wildman–Crippen MR) is 42.7 cm³/mol. The highest BCUT2D eigenvalue weighted by Crippen LogP contribution is 1.96. The number of carbonyl (C=O) groups is 1. The zero-order chi connectivity index (χ0) is 8.69. The molecule has 0 fully saturated rings. The molecule has 0 heterocycles. The van der Waals surface area contributed by atoms with E-state index in [9.17, 15) is 4.79 Å². The van der Waals surface area contributed by atoms with Crippen LogP contribution in [0.4, 0.5) is 0 Å². The van der Waals surface area contributed by atoms with Gasteiger partial charge in [-0.25, -0.2) is 4.79 Å². The minimum atomic E-state index is -0.992. The number of aliphatic carboxylic acids is 1. The molecule has 0 bridgehead atoms. The van der Waals surface area contributed by atoms with Gasteiger partial charge in [0.05, 0.1) is 12.7 Å². The summed E-state index contributed by atoms with van der Waals surface area (Å²) >= 11 is 5.37. The maximum absolute atomic E-state index is 10.1. The van der Waals surface area contributed by atoms with E-state index in [0.717, 1.165) is 12.5 Å². The topological polar surface area (TPSA) is 46.5 Å². The number of hydrogen-bond donors (Lipinski definition) is 1. The Labute approximate surface area is 70.6 Å². The van der Waals surface area contributed by atoms with Gasteiger partial charge in [-0.1, -0.05) is 0 Å². The van der Waals surface area contributed by atoms with Crippen LogP contribution in [0, 0.1) is 0 Å². The summed E-state index contributed by atoms with van der Waals surface area (Å²) in [5, 5.41) is 8.26. The van der Waals surface area contributed by atoms with Crippen molar-refractivity contribution in [2.75, 3.05) is 12.5 Å². The average molecular weight is 179 g/mol. The second-order valence-electron chi connectivity index (χ2n) is 1.98. The van der Waals surface area contributed by atoms with E-state index in [1.165, 1.54) is 0 Å². The maximum atomic E-state index is 10.1. The molecule has 0 aliphatic heterocycles. The molecule has 0 rings (SSSR count). The van der Waals surface area contributed by atoms with E-state index >= 15 is 0 Å². The number of allylic oxidation sites excluding steroid dienone is 1. The van der Waals surface area contributed by atoms with Gasteiger partial charge in [0.2, 0.25) is 0 Å². The van der Waals surface area contributed by atoms with Crippen LogP contribution < -0.4 is 0 Å². The number of alkyl halides is 1. The summed E-state index contributed by atoms with van der Waals surface area (Å²) in [6, 6.07) is 0. The molecule has 1 N–H and O–H groups in total. The van der Waals surface area contributed by atoms with Gasteiger partial charge in [-0.3, -0.25) is 0 Å². The van der Waals surface area contributed by atoms with E-state index < -0.39 is 5.97 Å². The molecule has 0 radical (unpaired) electrons. The number of carboxylic acid groups (broad SMARTS) is 1. The van der Waals surface area contributed by atoms with Crippen molar-refractivity contribution in [1.29, 1.82) is 0 Å². The van der Waals surface area contributed by atoms with Gasteiger partial charge >= 0.3 is 5.97 Å². The largest absolute Gasteiger partial charge is 0.498 e. The molecule has 0 aliphatic carbocycles. The van der Waals surface area contributed by atoms with Gasteiger partial charge < -0.3 is 9.84 Å². The quantitative estimate of drug-likeness (QED) is 0.301. The zero-order valence-corrected chi connectivity index (χ0v) is 7.10. The van der Waals surface area contributed by atoms with Crippen molar-refractivity contribution in [3.8, 4) is 0 Å². The lowest BCUT2D eigenvalue weighted by atomic mass is 10.4. The first-order valence-electron chi connectivity index (χ1n) is 3.27.